The Morgan fingerprint density at radius 1 is 1.22 bits per heavy atom. The number of amides is 1. The second-order valence-electron chi connectivity index (χ2n) is 4.83. The Bertz CT molecular complexity index is 695. The van der Waals surface area contributed by atoms with Gasteiger partial charge in [-0.05, 0) is 23.8 Å². The van der Waals surface area contributed by atoms with Gasteiger partial charge in [0.15, 0.2) is 0 Å². The van der Waals surface area contributed by atoms with Gasteiger partial charge >= 0.3 is 0 Å². The number of methoxy groups -OCH3 is 1. The molecule has 2 aromatic carbocycles. The number of anilines is 1. The summed E-state index contributed by atoms with van der Waals surface area (Å²) >= 11 is 0. The zero-order valence-corrected chi connectivity index (χ0v) is 12.3. The highest BCUT2D eigenvalue weighted by Gasteiger charge is 2.13. The van der Waals surface area contributed by atoms with E-state index in [0.29, 0.717) is 11.3 Å². The maximum atomic E-state index is 13.3. The first-order valence-corrected chi connectivity index (χ1v) is 6.81. The molecule has 0 spiro atoms. The van der Waals surface area contributed by atoms with Crippen LogP contribution in [0.1, 0.15) is 18.1 Å². The maximum absolute atomic E-state index is 13.3. The molecule has 122 valence electrons. The molecule has 23 heavy (non-hydrogen) atoms. The Balaban J connectivity index is 1.91. The molecule has 1 amide bonds. The number of carbonyl (C=O) groups is 1. The monoisotopic (exact) mass is 322 g/mol. The topological polar surface area (TPSA) is 70.6 Å². The van der Waals surface area contributed by atoms with Crippen LogP contribution in [-0.4, -0.2) is 18.1 Å². The Morgan fingerprint density at radius 2 is 2.00 bits per heavy atom. The molecule has 7 heteroatoms. The Morgan fingerprint density at radius 3 is 2.70 bits per heavy atom. The van der Waals surface area contributed by atoms with Crippen LogP contribution in [0.5, 0.6) is 5.75 Å². The summed E-state index contributed by atoms with van der Waals surface area (Å²) in [5.41, 5.74) is 5.44. The third-order valence-corrected chi connectivity index (χ3v) is 3.07. The quantitative estimate of drug-likeness (QED) is 0.715. The molecule has 5 nitrogen and oxygen atoms in total. The minimum atomic E-state index is -1.14. The molecule has 0 saturated carbocycles. The van der Waals surface area contributed by atoms with Gasteiger partial charge in [-0.15, -0.1) is 0 Å². The lowest BCUT2D eigenvalue weighted by Gasteiger charge is -2.13. The van der Waals surface area contributed by atoms with E-state index < -0.39 is 23.6 Å². The van der Waals surface area contributed by atoms with Crippen LogP contribution in [0.25, 0.3) is 0 Å². The molecule has 2 aromatic rings. The molecule has 0 fully saturated rings. The number of hydrogen-bond acceptors (Lipinski definition) is 4. The standard InChI is InChI=1S/C16H16F2N2O3/c1-23-14-7-12(18)6-13(8-14)19-20-16(22)9-15(21)10-3-2-4-11(17)5-10/h2-8,15,19,21H,9H2,1H3,(H,20,22). The second-order valence-corrected chi connectivity index (χ2v) is 4.83. The van der Waals surface area contributed by atoms with Crippen molar-refractivity contribution >= 4 is 11.6 Å². The van der Waals surface area contributed by atoms with Gasteiger partial charge in [-0.25, -0.2) is 8.78 Å². The highest BCUT2D eigenvalue weighted by atomic mass is 19.1. The van der Waals surface area contributed by atoms with Gasteiger partial charge in [0.1, 0.15) is 17.4 Å². The van der Waals surface area contributed by atoms with Crippen molar-refractivity contribution in [1.29, 1.82) is 0 Å². The first-order valence-electron chi connectivity index (χ1n) is 6.81. The van der Waals surface area contributed by atoms with E-state index in [1.165, 1.54) is 43.5 Å². The molecular formula is C16H16F2N2O3. The van der Waals surface area contributed by atoms with Crippen LogP contribution in [0.15, 0.2) is 42.5 Å². The van der Waals surface area contributed by atoms with Gasteiger partial charge in [-0.3, -0.25) is 15.6 Å². The maximum Gasteiger partial charge on any atom is 0.241 e. The summed E-state index contributed by atoms with van der Waals surface area (Å²) in [5, 5.41) is 9.90. The molecule has 0 aromatic heterocycles. The van der Waals surface area contributed by atoms with Crippen LogP contribution in [0.3, 0.4) is 0 Å². The number of halogens is 2. The van der Waals surface area contributed by atoms with Gasteiger partial charge in [-0.2, -0.15) is 0 Å². The molecule has 3 N–H and O–H groups in total. The van der Waals surface area contributed by atoms with Crippen molar-refractivity contribution in [1.82, 2.24) is 5.43 Å². The number of ether oxygens (including phenoxy) is 1. The Hall–Kier alpha value is -2.67. The van der Waals surface area contributed by atoms with Gasteiger partial charge in [-0.1, -0.05) is 12.1 Å². The van der Waals surface area contributed by atoms with E-state index in [1.54, 1.807) is 0 Å². The summed E-state index contributed by atoms with van der Waals surface area (Å²) in [5.74, 6) is -1.26. The minimum Gasteiger partial charge on any atom is -0.497 e. The molecular weight excluding hydrogens is 306 g/mol. The number of rotatable bonds is 6. The molecule has 0 aliphatic heterocycles. The summed E-state index contributed by atoms with van der Waals surface area (Å²) < 4.78 is 31.3. The van der Waals surface area contributed by atoms with E-state index in [0.717, 1.165) is 6.07 Å². The summed E-state index contributed by atoms with van der Waals surface area (Å²) in [4.78, 5) is 11.8. The lowest BCUT2D eigenvalue weighted by Crippen LogP contribution is -2.30. The van der Waals surface area contributed by atoms with Gasteiger partial charge in [0, 0.05) is 12.1 Å². The van der Waals surface area contributed by atoms with Gasteiger partial charge in [0.2, 0.25) is 5.91 Å². The normalized spacial score (nSPS) is 11.7. The molecule has 1 atom stereocenters. The zero-order chi connectivity index (χ0) is 16.8. The van der Waals surface area contributed by atoms with Crippen LogP contribution in [0, 0.1) is 11.6 Å². The fourth-order valence-electron chi connectivity index (χ4n) is 1.95. The fourth-order valence-corrected chi connectivity index (χ4v) is 1.95. The summed E-state index contributed by atoms with van der Waals surface area (Å²) in [6, 6.07) is 9.23. The van der Waals surface area contributed by atoms with Crippen molar-refractivity contribution in [3.63, 3.8) is 0 Å². The van der Waals surface area contributed by atoms with Gasteiger partial charge in [0.05, 0.1) is 25.3 Å². The van der Waals surface area contributed by atoms with Crippen LogP contribution in [-0.2, 0) is 4.79 Å². The van der Waals surface area contributed by atoms with Crippen molar-refractivity contribution in [2.24, 2.45) is 0 Å². The number of aliphatic hydroxyl groups is 1. The molecule has 1 unspecified atom stereocenters. The largest absolute Gasteiger partial charge is 0.497 e. The van der Waals surface area contributed by atoms with Crippen molar-refractivity contribution in [2.45, 2.75) is 12.5 Å². The Kier molecular flexibility index (Phi) is 5.48. The third-order valence-electron chi connectivity index (χ3n) is 3.07. The van der Waals surface area contributed by atoms with Gasteiger partial charge < -0.3 is 9.84 Å². The van der Waals surface area contributed by atoms with E-state index in [1.807, 2.05) is 0 Å². The van der Waals surface area contributed by atoms with Gasteiger partial charge in [0.25, 0.3) is 0 Å². The number of benzene rings is 2. The van der Waals surface area contributed by atoms with E-state index >= 15 is 0 Å². The summed E-state index contributed by atoms with van der Waals surface area (Å²) in [6.45, 7) is 0. The fraction of sp³-hybridized carbons (Fsp3) is 0.188. The SMILES string of the molecule is COc1cc(F)cc(NNC(=O)CC(O)c2cccc(F)c2)c1. The summed E-state index contributed by atoms with van der Waals surface area (Å²) in [6.07, 6.45) is -1.42. The molecule has 0 heterocycles. The summed E-state index contributed by atoms with van der Waals surface area (Å²) in [7, 11) is 1.40. The molecule has 0 bridgehead atoms. The van der Waals surface area contributed by atoms with Crippen LogP contribution in [0.2, 0.25) is 0 Å². The van der Waals surface area contributed by atoms with E-state index in [2.05, 4.69) is 10.9 Å². The average molecular weight is 322 g/mol. The highest BCUT2D eigenvalue weighted by Crippen LogP contribution is 2.20. The average Bonchev–Trinajstić information content (AvgIpc) is 2.52. The molecule has 0 saturated heterocycles. The molecule has 0 aliphatic rings. The first-order chi connectivity index (χ1) is 11.0. The highest BCUT2D eigenvalue weighted by molar-refractivity contribution is 5.78. The van der Waals surface area contributed by atoms with Crippen molar-refractivity contribution in [2.75, 3.05) is 12.5 Å². The number of hydrazine groups is 1. The molecule has 0 aliphatic carbocycles. The molecule has 2 rings (SSSR count). The third kappa shape index (κ3) is 4.93. The van der Waals surface area contributed by atoms with Crippen molar-refractivity contribution in [3.05, 3.63) is 59.7 Å². The van der Waals surface area contributed by atoms with Crippen molar-refractivity contribution in [3.8, 4) is 5.75 Å². The zero-order valence-electron chi connectivity index (χ0n) is 12.3. The van der Waals surface area contributed by atoms with Crippen molar-refractivity contribution < 1.29 is 23.4 Å². The molecule has 0 radical (unpaired) electrons. The number of hydrogen-bond donors (Lipinski definition) is 3. The van der Waals surface area contributed by atoms with E-state index in [4.69, 9.17) is 4.74 Å². The minimum absolute atomic E-state index is 0.275. The number of aliphatic hydroxyl groups excluding tert-OH is 1. The lowest BCUT2D eigenvalue weighted by molar-refractivity contribution is -0.122. The number of carbonyl (C=O) groups excluding carboxylic acids is 1. The first kappa shape index (κ1) is 16.7. The smallest absolute Gasteiger partial charge is 0.241 e. The Labute approximate surface area is 131 Å². The number of nitrogens with one attached hydrogen (secondary N) is 2. The van der Waals surface area contributed by atoms with Crippen LogP contribution in [0.4, 0.5) is 14.5 Å². The lowest BCUT2D eigenvalue weighted by atomic mass is 10.1. The van der Waals surface area contributed by atoms with E-state index in [9.17, 15) is 18.7 Å². The van der Waals surface area contributed by atoms with Crippen LogP contribution >= 0.6 is 0 Å². The predicted octanol–water partition coefficient (Wildman–Crippen LogP) is 2.54. The van der Waals surface area contributed by atoms with E-state index in [-0.39, 0.29) is 12.1 Å². The predicted molar refractivity (Wildman–Crippen MR) is 80.7 cm³/mol. The van der Waals surface area contributed by atoms with Crippen LogP contribution < -0.4 is 15.6 Å². The second kappa shape index (κ2) is 7.55.